The van der Waals surface area contributed by atoms with E-state index >= 15 is 0 Å². The number of aryl methyl sites for hydroxylation is 1. The third-order valence-corrected chi connectivity index (χ3v) is 1.41. The lowest BCUT2D eigenvalue weighted by atomic mass is 10.6. The van der Waals surface area contributed by atoms with Crippen molar-refractivity contribution in [2.75, 3.05) is 19.1 Å². The van der Waals surface area contributed by atoms with Crippen molar-refractivity contribution in [3.05, 3.63) is 12.4 Å². The zero-order valence-electron chi connectivity index (χ0n) is 6.50. The van der Waals surface area contributed by atoms with Crippen molar-refractivity contribution in [1.82, 2.24) is 15.2 Å². The van der Waals surface area contributed by atoms with Crippen LogP contribution < -0.4 is 10.4 Å². The van der Waals surface area contributed by atoms with Gasteiger partial charge >= 0.3 is 0 Å². The van der Waals surface area contributed by atoms with E-state index in [1.54, 1.807) is 10.9 Å². The SMILES string of the molecule is CNN(C)c1cnn(C)c1. The molecular weight excluding hydrogens is 128 g/mol. The third kappa shape index (κ3) is 1.27. The molecule has 4 nitrogen and oxygen atoms in total. The van der Waals surface area contributed by atoms with Crippen LogP contribution in [0.2, 0.25) is 0 Å². The third-order valence-electron chi connectivity index (χ3n) is 1.41. The number of rotatable bonds is 2. The number of hydrogen-bond donors (Lipinski definition) is 1. The Morgan fingerprint density at radius 2 is 2.40 bits per heavy atom. The topological polar surface area (TPSA) is 33.1 Å². The Morgan fingerprint density at radius 3 is 2.80 bits per heavy atom. The summed E-state index contributed by atoms with van der Waals surface area (Å²) in [5, 5.41) is 5.92. The Balaban J connectivity index is 2.74. The second-order valence-corrected chi connectivity index (χ2v) is 2.15. The van der Waals surface area contributed by atoms with E-state index in [0.29, 0.717) is 0 Å². The molecule has 0 unspecified atom stereocenters. The number of hydrogen-bond acceptors (Lipinski definition) is 3. The number of hydrazine groups is 1. The van der Waals surface area contributed by atoms with E-state index in [0.717, 1.165) is 5.69 Å². The van der Waals surface area contributed by atoms with Gasteiger partial charge in [-0.05, 0) is 0 Å². The van der Waals surface area contributed by atoms with Crippen LogP contribution in [0.5, 0.6) is 0 Å². The fraction of sp³-hybridized carbons (Fsp3) is 0.500. The summed E-state index contributed by atoms with van der Waals surface area (Å²) in [4.78, 5) is 0. The summed E-state index contributed by atoms with van der Waals surface area (Å²) in [7, 11) is 5.71. The molecule has 0 aromatic carbocycles. The van der Waals surface area contributed by atoms with Gasteiger partial charge in [-0.2, -0.15) is 5.10 Å². The first kappa shape index (κ1) is 7.08. The zero-order valence-corrected chi connectivity index (χ0v) is 6.50. The van der Waals surface area contributed by atoms with Crippen molar-refractivity contribution >= 4 is 5.69 Å². The predicted octanol–water partition coefficient (Wildman–Crippen LogP) is -0.00930. The molecule has 0 aliphatic heterocycles. The molecule has 4 heteroatoms. The second kappa shape index (κ2) is 2.70. The van der Waals surface area contributed by atoms with Crippen molar-refractivity contribution < 1.29 is 0 Å². The molecule has 0 bridgehead atoms. The average Bonchev–Trinajstić information content (AvgIpc) is 2.34. The fourth-order valence-electron chi connectivity index (χ4n) is 0.711. The van der Waals surface area contributed by atoms with Crippen LogP contribution in [-0.4, -0.2) is 23.9 Å². The van der Waals surface area contributed by atoms with E-state index in [-0.39, 0.29) is 0 Å². The molecule has 0 amide bonds. The minimum absolute atomic E-state index is 1.06. The summed E-state index contributed by atoms with van der Waals surface area (Å²) >= 11 is 0. The van der Waals surface area contributed by atoms with Gasteiger partial charge in [0, 0.05) is 27.3 Å². The smallest absolute Gasteiger partial charge is 0.0896 e. The van der Waals surface area contributed by atoms with Gasteiger partial charge in [0.25, 0.3) is 0 Å². The van der Waals surface area contributed by atoms with E-state index < -0.39 is 0 Å². The van der Waals surface area contributed by atoms with E-state index in [1.807, 2.05) is 32.3 Å². The van der Waals surface area contributed by atoms with Crippen LogP contribution in [0.15, 0.2) is 12.4 Å². The van der Waals surface area contributed by atoms with E-state index in [4.69, 9.17) is 0 Å². The highest BCUT2D eigenvalue weighted by molar-refractivity contribution is 5.39. The van der Waals surface area contributed by atoms with Gasteiger partial charge < -0.3 is 5.01 Å². The van der Waals surface area contributed by atoms with Crippen LogP contribution in [-0.2, 0) is 7.05 Å². The molecule has 0 saturated carbocycles. The maximum Gasteiger partial charge on any atom is 0.0896 e. The van der Waals surface area contributed by atoms with Gasteiger partial charge in [-0.1, -0.05) is 0 Å². The molecule has 56 valence electrons. The molecule has 1 rings (SSSR count). The Bertz CT molecular complexity index is 205. The quantitative estimate of drug-likeness (QED) is 0.586. The summed E-state index contributed by atoms with van der Waals surface area (Å²) in [6, 6.07) is 0. The van der Waals surface area contributed by atoms with Crippen molar-refractivity contribution in [2.24, 2.45) is 7.05 Å². The lowest BCUT2D eigenvalue weighted by Crippen LogP contribution is -2.29. The summed E-state index contributed by atoms with van der Waals surface area (Å²) in [5.41, 5.74) is 4.03. The van der Waals surface area contributed by atoms with Gasteiger partial charge in [-0.3, -0.25) is 4.68 Å². The molecule has 0 aliphatic carbocycles. The highest BCUT2D eigenvalue weighted by atomic mass is 15.5. The first-order valence-electron chi connectivity index (χ1n) is 3.14. The van der Waals surface area contributed by atoms with Crippen LogP contribution in [0.3, 0.4) is 0 Å². The molecule has 1 heterocycles. The van der Waals surface area contributed by atoms with E-state index in [9.17, 15) is 0 Å². The first-order valence-corrected chi connectivity index (χ1v) is 3.14. The number of nitrogens with one attached hydrogen (secondary N) is 1. The highest BCUT2D eigenvalue weighted by Crippen LogP contribution is 2.05. The zero-order chi connectivity index (χ0) is 7.56. The van der Waals surface area contributed by atoms with Crippen molar-refractivity contribution in [3.63, 3.8) is 0 Å². The van der Waals surface area contributed by atoms with Crippen molar-refractivity contribution in [1.29, 1.82) is 0 Å². The van der Waals surface area contributed by atoms with Crippen LogP contribution in [0.4, 0.5) is 5.69 Å². The molecule has 0 atom stereocenters. The molecule has 1 aromatic rings. The van der Waals surface area contributed by atoms with Crippen LogP contribution in [0.25, 0.3) is 0 Å². The maximum absolute atomic E-state index is 4.02. The monoisotopic (exact) mass is 140 g/mol. The summed E-state index contributed by atoms with van der Waals surface area (Å²) in [5.74, 6) is 0. The molecule has 0 saturated heterocycles. The number of nitrogens with zero attached hydrogens (tertiary/aromatic N) is 3. The van der Waals surface area contributed by atoms with E-state index in [2.05, 4.69) is 10.5 Å². The Kier molecular flexibility index (Phi) is 1.91. The first-order chi connectivity index (χ1) is 4.74. The molecule has 1 N–H and O–H groups in total. The highest BCUT2D eigenvalue weighted by Gasteiger charge is 1.97. The summed E-state index contributed by atoms with van der Waals surface area (Å²) in [6.07, 6.45) is 3.74. The molecule has 1 aromatic heterocycles. The summed E-state index contributed by atoms with van der Waals surface area (Å²) in [6.45, 7) is 0. The van der Waals surface area contributed by atoms with E-state index in [1.165, 1.54) is 0 Å². The lowest BCUT2D eigenvalue weighted by molar-refractivity contribution is 0.763. The normalized spacial score (nSPS) is 9.90. The largest absolute Gasteiger partial charge is 0.309 e. The van der Waals surface area contributed by atoms with Gasteiger partial charge in [0.05, 0.1) is 11.9 Å². The standard InChI is InChI=1S/C6H12N4/c1-7-10(3)6-4-8-9(2)5-6/h4-5,7H,1-3H3. The van der Waals surface area contributed by atoms with Gasteiger partial charge in [0.1, 0.15) is 0 Å². The average molecular weight is 140 g/mol. The van der Waals surface area contributed by atoms with Gasteiger partial charge in [0.2, 0.25) is 0 Å². The molecule has 0 spiro atoms. The molecule has 0 aliphatic rings. The number of anilines is 1. The predicted molar refractivity (Wildman–Crippen MR) is 40.7 cm³/mol. The minimum Gasteiger partial charge on any atom is -0.309 e. The molecular formula is C6H12N4. The Morgan fingerprint density at radius 1 is 1.70 bits per heavy atom. The lowest BCUT2D eigenvalue weighted by Gasteiger charge is -2.13. The Labute approximate surface area is 60.4 Å². The van der Waals surface area contributed by atoms with Crippen LogP contribution in [0, 0.1) is 0 Å². The van der Waals surface area contributed by atoms with Crippen LogP contribution >= 0.6 is 0 Å². The van der Waals surface area contributed by atoms with Gasteiger partial charge in [-0.15, -0.1) is 0 Å². The molecule has 0 radical (unpaired) electrons. The maximum atomic E-state index is 4.02. The van der Waals surface area contributed by atoms with Crippen molar-refractivity contribution in [2.45, 2.75) is 0 Å². The summed E-state index contributed by atoms with van der Waals surface area (Å²) < 4.78 is 1.77. The van der Waals surface area contributed by atoms with Crippen LogP contribution in [0.1, 0.15) is 0 Å². The van der Waals surface area contributed by atoms with Gasteiger partial charge in [-0.25, -0.2) is 5.43 Å². The fourth-order valence-corrected chi connectivity index (χ4v) is 0.711. The second-order valence-electron chi connectivity index (χ2n) is 2.15. The van der Waals surface area contributed by atoms with Crippen molar-refractivity contribution in [3.8, 4) is 0 Å². The van der Waals surface area contributed by atoms with Gasteiger partial charge in [0.15, 0.2) is 0 Å². The Hall–Kier alpha value is -1.03. The molecule has 10 heavy (non-hydrogen) atoms. The minimum atomic E-state index is 1.06. The molecule has 0 fully saturated rings. The number of aromatic nitrogens is 2.